The van der Waals surface area contributed by atoms with Crippen LogP contribution in [0.15, 0.2) is 48.7 Å². The van der Waals surface area contributed by atoms with E-state index >= 15 is 0 Å². The van der Waals surface area contributed by atoms with Crippen molar-refractivity contribution in [3.8, 4) is 0 Å². The highest BCUT2D eigenvalue weighted by atomic mass is 127. The summed E-state index contributed by atoms with van der Waals surface area (Å²) in [5, 5.41) is 10.7. The SMILES string of the molecule is O=C(Nc1cccc2cn[nH]c12)c1ccc(I)cc1. The molecule has 0 fully saturated rings. The number of amides is 1. The van der Waals surface area contributed by atoms with Crippen molar-refractivity contribution >= 4 is 45.1 Å². The van der Waals surface area contributed by atoms with Crippen molar-refractivity contribution in [1.82, 2.24) is 10.2 Å². The molecule has 0 aliphatic carbocycles. The first kappa shape index (κ1) is 12.2. The van der Waals surface area contributed by atoms with Gasteiger partial charge in [-0.05, 0) is 52.9 Å². The van der Waals surface area contributed by atoms with Crippen LogP contribution >= 0.6 is 22.6 Å². The molecule has 94 valence electrons. The molecule has 3 aromatic rings. The van der Waals surface area contributed by atoms with Gasteiger partial charge in [0.15, 0.2) is 0 Å². The Labute approximate surface area is 123 Å². The predicted octanol–water partition coefficient (Wildman–Crippen LogP) is 3.42. The van der Waals surface area contributed by atoms with E-state index < -0.39 is 0 Å². The van der Waals surface area contributed by atoms with Crippen molar-refractivity contribution in [2.45, 2.75) is 0 Å². The standard InChI is InChI=1S/C14H10IN3O/c15-11-6-4-9(5-7-11)14(19)17-12-3-1-2-10-8-16-18-13(10)12/h1-8H,(H,16,18)(H,17,19). The Bertz CT molecular complexity index is 734. The third kappa shape index (κ3) is 2.46. The van der Waals surface area contributed by atoms with Crippen LogP contribution in [0, 0.1) is 3.57 Å². The van der Waals surface area contributed by atoms with Gasteiger partial charge in [0, 0.05) is 14.5 Å². The Morgan fingerprint density at radius 1 is 1.16 bits per heavy atom. The molecule has 2 N–H and O–H groups in total. The fraction of sp³-hybridized carbons (Fsp3) is 0. The molecule has 3 rings (SSSR count). The van der Waals surface area contributed by atoms with Gasteiger partial charge in [-0.15, -0.1) is 0 Å². The Morgan fingerprint density at radius 2 is 1.95 bits per heavy atom. The van der Waals surface area contributed by atoms with Crippen LogP contribution < -0.4 is 5.32 Å². The lowest BCUT2D eigenvalue weighted by Crippen LogP contribution is -2.12. The summed E-state index contributed by atoms with van der Waals surface area (Å²) in [5.41, 5.74) is 2.21. The van der Waals surface area contributed by atoms with Gasteiger partial charge in [-0.2, -0.15) is 5.10 Å². The van der Waals surface area contributed by atoms with Crippen LogP contribution in [0.1, 0.15) is 10.4 Å². The van der Waals surface area contributed by atoms with E-state index in [4.69, 9.17) is 0 Å². The molecule has 19 heavy (non-hydrogen) atoms. The number of aromatic nitrogens is 2. The number of carbonyl (C=O) groups is 1. The lowest BCUT2D eigenvalue weighted by atomic mass is 10.2. The summed E-state index contributed by atoms with van der Waals surface area (Å²) in [6.07, 6.45) is 1.73. The molecule has 5 heteroatoms. The van der Waals surface area contributed by atoms with Crippen LogP contribution in [-0.2, 0) is 0 Å². The Hall–Kier alpha value is -1.89. The minimum atomic E-state index is -0.126. The summed E-state index contributed by atoms with van der Waals surface area (Å²) in [4.78, 5) is 12.1. The first-order chi connectivity index (χ1) is 9.24. The third-order valence-corrected chi connectivity index (χ3v) is 3.55. The van der Waals surface area contributed by atoms with Crippen molar-refractivity contribution < 1.29 is 4.79 Å². The molecular weight excluding hydrogens is 353 g/mol. The van der Waals surface area contributed by atoms with Gasteiger partial charge in [-0.3, -0.25) is 9.89 Å². The fourth-order valence-corrected chi connectivity index (χ4v) is 2.23. The minimum absolute atomic E-state index is 0.126. The number of aromatic amines is 1. The van der Waals surface area contributed by atoms with E-state index in [9.17, 15) is 4.79 Å². The van der Waals surface area contributed by atoms with E-state index in [1.165, 1.54) is 0 Å². The number of H-pyrrole nitrogens is 1. The predicted molar refractivity (Wildman–Crippen MR) is 83.2 cm³/mol. The highest BCUT2D eigenvalue weighted by molar-refractivity contribution is 14.1. The Kier molecular flexibility index (Phi) is 3.20. The van der Waals surface area contributed by atoms with E-state index in [1.807, 2.05) is 42.5 Å². The summed E-state index contributed by atoms with van der Waals surface area (Å²) >= 11 is 2.21. The smallest absolute Gasteiger partial charge is 0.255 e. The normalized spacial score (nSPS) is 10.6. The van der Waals surface area contributed by atoms with E-state index in [0.29, 0.717) is 5.56 Å². The molecular formula is C14H10IN3O. The molecule has 0 radical (unpaired) electrons. The van der Waals surface area contributed by atoms with E-state index in [-0.39, 0.29) is 5.91 Å². The first-order valence-corrected chi connectivity index (χ1v) is 6.81. The van der Waals surface area contributed by atoms with Gasteiger partial charge in [0.25, 0.3) is 5.91 Å². The molecule has 0 atom stereocenters. The first-order valence-electron chi connectivity index (χ1n) is 5.73. The number of benzene rings is 2. The summed E-state index contributed by atoms with van der Waals surface area (Å²) in [6.45, 7) is 0. The summed E-state index contributed by atoms with van der Waals surface area (Å²) < 4.78 is 1.10. The summed E-state index contributed by atoms with van der Waals surface area (Å²) in [7, 11) is 0. The van der Waals surface area contributed by atoms with Gasteiger partial charge in [0.1, 0.15) is 0 Å². The van der Waals surface area contributed by atoms with Gasteiger partial charge in [0.2, 0.25) is 0 Å². The van der Waals surface area contributed by atoms with Crippen LogP contribution in [0.25, 0.3) is 10.9 Å². The molecule has 0 unspecified atom stereocenters. The topological polar surface area (TPSA) is 57.8 Å². The Balaban J connectivity index is 1.90. The Morgan fingerprint density at radius 3 is 2.74 bits per heavy atom. The second-order valence-electron chi connectivity index (χ2n) is 4.10. The van der Waals surface area contributed by atoms with Crippen LogP contribution in [-0.4, -0.2) is 16.1 Å². The quantitative estimate of drug-likeness (QED) is 0.686. The largest absolute Gasteiger partial charge is 0.320 e. The van der Waals surface area contributed by atoms with Crippen molar-refractivity contribution in [3.63, 3.8) is 0 Å². The number of halogens is 1. The third-order valence-electron chi connectivity index (χ3n) is 2.83. The number of nitrogens with zero attached hydrogens (tertiary/aromatic N) is 1. The maximum absolute atomic E-state index is 12.1. The maximum atomic E-state index is 12.1. The zero-order valence-corrected chi connectivity index (χ0v) is 12.0. The maximum Gasteiger partial charge on any atom is 0.255 e. The highest BCUT2D eigenvalue weighted by Gasteiger charge is 2.08. The summed E-state index contributed by atoms with van der Waals surface area (Å²) in [5.74, 6) is -0.126. The molecule has 0 spiro atoms. The second kappa shape index (κ2) is 5.00. The van der Waals surface area contributed by atoms with Gasteiger partial charge >= 0.3 is 0 Å². The lowest BCUT2D eigenvalue weighted by Gasteiger charge is -2.06. The molecule has 1 amide bonds. The molecule has 1 heterocycles. The van der Waals surface area contributed by atoms with Crippen molar-refractivity contribution in [2.75, 3.05) is 5.32 Å². The average Bonchev–Trinajstić information content (AvgIpc) is 2.89. The van der Waals surface area contributed by atoms with E-state index in [0.717, 1.165) is 20.2 Å². The number of fused-ring (bicyclic) bond motifs is 1. The van der Waals surface area contributed by atoms with Crippen molar-refractivity contribution in [1.29, 1.82) is 0 Å². The zero-order valence-electron chi connectivity index (χ0n) is 9.85. The molecule has 0 saturated carbocycles. The molecule has 2 aromatic carbocycles. The number of hydrogen-bond acceptors (Lipinski definition) is 2. The van der Waals surface area contributed by atoms with Crippen LogP contribution in [0.4, 0.5) is 5.69 Å². The van der Waals surface area contributed by atoms with E-state index in [2.05, 4.69) is 38.1 Å². The molecule has 1 aromatic heterocycles. The lowest BCUT2D eigenvalue weighted by molar-refractivity contribution is 0.102. The van der Waals surface area contributed by atoms with Crippen molar-refractivity contribution in [3.05, 3.63) is 57.8 Å². The zero-order chi connectivity index (χ0) is 13.2. The molecule has 0 aliphatic rings. The molecule has 0 aliphatic heterocycles. The van der Waals surface area contributed by atoms with Gasteiger partial charge in [-0.1, -0.05) is 12.1 Å². The fourth-order valence-electron chi connectivity index (χ4n) is 1.87. The monoisotopic (exact) mass is 363 g/mol. The molecule has 0 saturated heterocycles. The number of rotatable bonds is 2. The summed E-state index contributed by atoms with van der Waals surface area (Å²) in [6, 6.07) is 13.1. The number of hydrogen-bond donors (Lipinski definition) is 2. The van der Waals surface area contributed by atoms with Gasteiger partial charge < -0.3 is 5.32 Å². The number of nitrogens with one attached hydrogen (secondary N) is 2. The minimum Gasteiger partial charge on any atom is -0.320 e. The number of para-hydroxylation sites is 1. The second-order valence-corrected chi connectivity index (χ2v) is 5.35. The van der Waals surface area contributed by atoms with Crippen LogP contribution in [0.3, 0.4) is 0 Å². The number of carbonyl (C=O) groups excluding carboxylic acids is 1. The van der Waals surface area contributed by atoms with Crippen LogP contribution in [0.2, 0.25) is 0 Å². The van der Waals surface area contributed by atoms with Gasteiger partial charge in [0.05, 0.1) is 17.4 Å². The van der Waals surface area contributed by atoms with Crippen molar-refractivity contribution in [2.24, 2.45) is 0 Å². The van der Waals surface area contributed by atoms with Gasteiger partial charge in [-0.25, -0.2) is 0 Å². The van der Waals surface area contributed by atoms with E-state index in [1.54, 1.807) is 6.20 Å². The highest BCUT2D eigenvalue weighted by Crippen LogP contribution is 2.21. The van der Waals surface area contributed by atoms with Crippen LogP contribution in [0.5, 0.6) is 0 Å². The number of anilines is 1. The molecule has 4 nitrogen and oxygen atoms in total. The average molecular weight is 363 g/mol. The molecule has 0 bridgehead atoms.